The van der Waals surface area contributed by atoms with Gasteiger partial charge in [0.25, 0.3) is 0 Å². The van der Waals surface area contributed by atoms with Crippen LogP contribution in [0.25, 0.3) is 0 Å². The molecule has 0 saturated heterocycles. The summed E-state index contributed by atoms with van der Waals surface area (Å²) >= 11 is 0. The molecule has 1 nitrogen and oxygen atoms in total. The molecule has 1 aliphatic carbocycles. The maximum Gasteiger partial charge on any atom is 0.118 e. The lowest BCUT2D eigenvalue weighted by Crippen LogP contribution is -2.26. The van der Waals surface area contributed by atoms with Crippen molar-refractivity contribution in [3.05, 3.63) is 29.8 Å². The van der Waals surface area contributed by atoms with Gasteiger partial charge in [-0.25, -0.2) is 0 Å². The number of phenolic OH excluding ortho intramolecular Hbond substituents is 1. The molecular formula is C17H26O. The average molecular weight is 246 g/mol. The van der Waals surface area contributed by atoms with E-state index in [0.717, 1.165) is 17.9 Å². The highest BCUT2D eigenvalue weighted by atomic mass is 16.3. The quantitative estimate of drug-likeness (QED) is 0.750. The Morgan fingerprint density at radius 3 is 2.28 bits per heavy atom. The predicted molar refractivity (Wildman–Crippen MR) is 76.8 cm³/mol. The predicted octanol–water partition coefficient (Wildman–Crippen LogP) is 4.93. The van der Waals surface area contributed by atoms with Crippen LogP contribution >= 0.6 is 0 Å². The lowest BCUT2D eigenvalue weighted by Gasteiger charge is -2.34. The molecule has 0 bridgehead atoms. The van der Waals surface area contributed by atoms with Gasteiger partial charge in [0.2, 0.25) is 0 Å². The van der Waals surface area contributed by atoms with Gasteiger partial charge in [0.1, 0.15) is 5.75 Å². The van der Waals surface area contributed by atoms with E-state index < -0.39 is 0 Å². The molecule has 1 aromatic rings. The summed E-state index contributed by atoms with van der Waals surface area (Å²) in [6.07, 6.45) is 9.29. The van der Waals surface area contributed by atoms with Crippen LogP contribution < -0.4 is 0 Å². The first-order valence-corrected chi connectivity index (χ1v) is 7.36. The van der Waals surface area contributed by atoms with Gasteiger partial charge in [0, 0.05) is 0 Å². The topological polar surface area (TPSA) is 20.2 Å². The average Bonchev–Trinajstić information content (AvgIpc) is 2.61. The van der Waals surface area contributed by atoms with Crippen molar-refractivity contribution in [2.75, 3.05) is 0 Å². The normalized spacial score (nSPS) is 18.6. The van der Waals surface area contributed by atoms with Crippen LogP contribution in [0, 0.1) is 11.3 Å². The molecule has 0 atom stereocenters. The fourth-order valence-electron chi connectivity index (χ4n) is 3.36. The first-order valence-electron chi connectivity index (χ1n) is 7.36. The molecule has 0 unspecified atom stereocenters. The van der Waals surface area contributed by atoms with Gasteiger partial charge in [-0.2, -0.15) is 0 Å². The third-order valence-corrected chi connectivity index (χ3v) is 4.60. The minimum atomic E-state index is 0.295. The van der Waals surface area contributed by atoms with E-state index in [1.165, 1.54) is 38.5 Å². The lowest BCUT2D eigenvalue weighted by molar-refractivity contribution is 0.186. The summed E-state index contributed by atoms with van der Waals surface area (Å²) in [5.41, 5.74) is 1.40. The Balaban J connectivity index is 2.08. The molecular weight excluding hydrogens is 220 g/mol. The Morgan fingerprint density at radius 1 is 1.06 bits per heavy atom. The smallest absolute Gasteiger partial charge is 0.118 e. The zero-order chi connectivity index (χ0) is 13.0. The Bertz CT molecular complexity index is 373. The molecule has 0 heterocycles. The van der Waals surface area contributed by atoms with Gasteiger partial charge in [-0.05, 0) is 42.2 Å². The van der Waals surface area contributed by atoms with Crippen molar-refractivity contribution in [1.82, 2.24) is 0 Å². The van der Waals surface area contributed by atoms with Crippen molar-refractivity contribution in [1.29, 1.82) is 0 Å². The monoisotopic (exact) mass is 246 g/mol. The molecule has 1 fully saturated rings. The first kappa shape index (κ1) is 13.5. The van der Waals surface area contributed by atoms with E-state index in [9.17, 15) is 5.11 Å². The number of phenols is 1. The summed E-state index contributed by atoms with van der Waals surface area (Å²) in [6.45, 7) is 4.74. The number of hydrogen-bond donors (Lipinski definition) is 1. The minimum absolute atomic E-state index is 0.295. The van der Waals surface area contributed by atoms with E-state index in [0.29, 0.717) is 11.2 Å². The first-order chi connectivity index (χ1) is 8.59. The number of para-hydroxylation sites is 1. The van der Waals surface area contributed by atoms with Crippen LogP contribution in [0.3, 0.4) is 0 Å². The largest absolute Gasteiger partial charge is 0.508 e. The van der Waals surface area contributed by atoms with E-state index in [1.54, 1.807) is 6.07 Å². The second-order valence-corrected chi connectivity index (χ2v) is 6.48. The molecule has 18 heavy (non-hydrogen) atoms. The molecule has 100 valence electrons. The molecule has 1 heteroatoms. The highest BCUT2D eigenvalue weighted by molar-refractivity contribution is 5.32. The van der Waals surface area contributed by atoms with Crippen LogP contribution in [0.1, 0.15) is 57.9 Å². The third kappa shape index (κ3) is 3.28. The van der Waals surface area contributed by atoms with Gasteiger partial charge in [0.05, 0.1) is 0 Å². The third-order valence-electron chi connectivity index (χ3n) is 4.60. The molecule has 0 aliphatic heterocycles. The van der Waals surface area contributed by atoms with Crippen molar-refractivity contribution in [3.63, 3.8) is 0 Å². The van der Waals surface area contributed by atoms with Gasteiger partial charge in [-0.1, -0.05) is 57.7 Å². The molecule has 1 saturated carbocycles. The molecule has 2 rings (SSSR count). The van der Waals surface area contributed by atoms with Crippen molar-refractivity contribution in [2.45, 2.75) is 58.8 Å². The number of benzene rings is 1. The highest BCUT2D eigenvalue weighted by Gasteiger charge is 2.30. The van der Waals surface area contributed by atoms with Crippen LogP contribution in [0.15, 0.2) is 24.3 Å². The summed E-state index contributed by atoms with van der Waals surface area (Å²) < 4.78 is 0. The molecule has 0 amide bonds. The minimum Gasteiger partial charge on any atom is -0.508 e. The lowest BCUT2D eigenvalue weighted by atomic mass is 9.71. The van der Waals surface area contributed by atoms with Crippen molar-refractivity contribution in [3.8, 4) is 5.75 Å². The van der Waals surface area contributed by atoms with Gasteiger partial charge in [0.15, 0.2) is 0 Å². The maximum atomic E-state index is 9.93. The molecule has 1 aliphatic rings. The van der Waals surface area contributed by atoms with E-state index >= 15 is 0 Å². The second kappa shape index (κ2) is 5.77. The Hall–Kier alpha value is -0.980. The SMILES string of the molecule is CC(C)(Cc1ccccc1O)C1CCCCCC1. The summed E-state index contributed by atoms with van der Waals surface area (Å²) in [7, 11) is 0. The molecule has 0 spiro atoms. The maximum absolute atomic E-state index is 9.93. The van der Waals surface area contributed by atoms with E-state index in [-0.39, 0.29) is 0 Å². The summed E-state index contributed by atoms with van der Waals surface area (Å²) in [4.78, 5) is 0. The fraction of sp³-hybridized carbons (Fsp3) is 0.647. The van der Waals surface area contributed by atoms with Gasteiger partial charge < -0.3 is 5.11 Å². The van der Waals surface area contributed by atoms with Gasteiger partial charge >= 0.3 is 0 Å². The van der Waals surface area contributed by atoms with Crippen molar-refractivity contribution < 1.29 is 5.11 Å². The van der Waals surface area contributed by atoms with Crippen LogP contribution in [-0.4, -0.2) is 5.11 Å². The zero-order valence-electron chi connectivity index (χ0n) is 11.8. The van der Waals surface area contributed by atoms with E-state index in [1.807, 2.05) is 12.1 Å². The fourth-order valence-corrected chi connectivity index (χ4v) is 3.36. The summed E-state index contributed by atoms with van der Waals surface area (Å²) in [5.74, 6) is 1.26. The van der Waals surface area contributed by atoms with Crippen LogP contribution in [0.2, 0.25) is 0 Å². The van der Waals surface area contributed by atoms with Crippen LogP contribution in [-0.2, 0) is 6.42 Å². The van der Waals surface area contributed by atoms with E-state index in [2.05, 4.69) is 19.9 Å². The van der Waals surface area contributed by atoms with Crippen LogP contribution in [0.5, 0.6) is 5.75 Å². The van der Waals surface area contributed by atoms with E-state index in [4.69, 9.17) is 0 Å². The summed E-state index contributed by atoms with van der Waals surface area (Å²) in [6, 6.07) is 7.79. The number of aromatic hydroxyl groups is 1. The highest BCUT2D eigenvalue weighted by Crippen LogP contribution is 2.40. The van der Waals surface area contributed by atoms with Crippen LogP contribution in [0.4, 0.5) is 0 Å². The van der Waals surface area contributed by atoms with Gasteiger partial charge in [-0.3, -0.25) is 0 Å². The zero-order valence-corrected chi connectivity index (χ0v) is 11.8. The second-order valence-electron chi connectivity index (χ2n) is 6.48. The molecule has 1 aromatic carbocycles. The van der Waals surface area contributed by atoms with Crippen molar-refractivity contribution >= 4 is 0 Å². The number of hydrogen-bond acceptors (Lipinski definition) is 1. The van der Waals surface area contributed by atoms with Gasteiger partial charge in [-0.15, -0.1) is 0 Å². The molecule has 0 radical (unpaired) electrons. The standard InChI is InChI=1S/C17H26O/c1-17(2,15-10-5-3-4-6-11-15)13-14-9-7-8-12-16(14)18/h7-9,12,15,18H,3-6,10-11,13H2,1-2H3. The Labute approximate surface area is 111 Å². The van der Waals surface area contributed by atoms with Crippen molar-refractivity contribution in [2.24, 2.45) is 11.3 Å². The molecule has 1 N–H and O–H groups in total. The Morgan fingerprint density at radius 2 is 1.67 bits per heavy atom. The number of rotatable bonds is 3. The Kier molecular flexibility index (Phi) is 4.31. The summed E-state index contributed by atoms with van der Waals surface area (Å²) in [5, 5.41) is 9.93. The molecule has 0 aromatic heterocycles.